The molecule has 0 aliphatic rings. The number of aryl methyl sites for hydroxylation is 1. The standard InChI is InChI=1S/C19H19N3O3/c1-12-8-14(11-24-2)16(10-20-12)17-9-18(23)22-19(21-17)13-4-6-15(25-3)7-5-13/h4-10H,11H2,1-3H3,(H,21,22,23). The van der Waals surface area contributed by atoms with Crippen LogP contribution in [0.1, 0.15) is 11.3 Å². The summed E-state index contributed by atoms with van der Waals surface area (Å²) in [4.78, 5) is 23.9. The summed E-state index contributed by atoms with van der Waals surface area (Å²) in [5.74, 6) is 1.24. The summed E-state index contributed by atoms with van der Waals surface area (Å²) in [5, 5.41) is 0. The van der Waals surface area contributed by atoms with E-state index in [2.05, 4.69) is 15.0 Å². The second-order valence-corrected chi connectivity index (χ2v) is 5.62. The van der Waals surface area contributed by atoms with Crippen LogP contribution >= 0.6 is 0 Å². The van der Waals surface area contributed by atoms with Crippen molar-refractivity contribution < 1.29 is 9.47 Å². The number of nitrogens with one attached hydrogen (secondary N) is 1. The molecule has 0 aliphatic carbocycles. The van der Waals surface area contributed by atoms with Crippen molar-refractivity contribution in [2.75, 3.05) is 14.2 Å². The SMILES string of the molecule is COCc1cc(C)ncc1-c1cc(=O)[nH]c(-c2ccc(OC)cc2)n1. The minimum absolute atomic E-state index is 0.222. The quantitative estimate of drug-likeness (QED) is 0.774. The van der Waals surface area contributed by atoms with Crippen molar-refractivity contribution in [2.24, 2.45) is 0 Å². The maximum atomic E-state index is 12.1. The highest BCUT2D eigenvalue weighted by molar-refractivity contribution is 5.66. The molecule has 6 nitrogen and oxygen atoms in total. The third-order valence-corrected chi connectivity index (χ3v) is 3.81. The number of benzene rings is 1. The number of aromatic amines is 1. The Morgan fingerprint density at radius 1 is 1.12 bits per heavy atom. The average molecular weight is 337 g/mol. The number of ether oxygens (including phenoxy) is 2. The van der Waals surface area contributed by atoms with Crippen molar-refractivity contribution in [3.05, 3.63) is 64.2 Å². The Hall–Kier alpha value is -2.99. The lowest BCUT2D eigenvalue weighted by Gasteiger charge is -2.10. The van der Waals surface area contributed by atoms with E-state index < -0.39 is 0 Å². The van der Waals surface area contributed by atoms with Crippen LogP contribution in [0.15, 0.2) is 47.4 Å². The molecule has 1 aromatic carbocycles. The number of nitrogens with zero attached hydrogens (tertiary/aromatic N) is 2. The van der Waals surface area contributed by atoms with Gasteiger partial charge in [0.2, 0.25) is 0 Å². The van der Waals surface area contributed by atoms with Gasteiger partial charge >= 0.3 is 0 Å². The van der Waals surface area contributed by atoms with Crippen LogP contribution in [-0.4, -0.2) is 29.2 Å². The highest BCUT2D eigenvalue weighted by Gasteiger charge is 2.11. The number of rotatable bonds is 5. The summed E-state index contributed by atoms with van der Waals surface area (Å²) < 4.78 is 10.4. The molecule has 2 aromatic heterocycles. The molecule has 2 heterocycles. The van der Waals surface area contributed by atoms with Crippen LogP contribution < -0.4 is 10.3 Å². The molecule has 0 aliphatic heterocycles. The molecule has 25 heavy (non-hydrogen) atoms. The first kappa shape index (κ1) is 16.9. The lowest BCUT2D eigenvalue weighted by molar-refractivity contribution is 0.185. The van der Waals surface area contributed by atoms with Gasteiger partial charge < -0.3 is 14.5 Å². The molecule has 0 saturated heterocycles. The first-order chi connectivity index (χ1) is 12.1. The lowest BCUT2D eigenvalue weighted by Crippen LogP contribution is -2.09. The first-order valence-electron chi connectivity index (χ1n) is 7.81. The van der Waals surface area contributed by atoms with E-state index in [-0.39, 0.29) is 5.56 Å². The Labute approximate surface area is 145 Å². The number of aromatic nitrogens is 3. The molecule has 1 N–H and O–H groups in total. The van der Waals surface area contributed by atoms with E-state index in [1.165, 1.54) is 6.07 Å². The first-order valence-corrected chi connectivity index (χ1v) is 7.81. The minimum atomic E-state index is -0.222. The van der Waals surface area contributed by atoms with Gasteiger partial charge in [0.25, 0.3) is 5.56 Å². The van der Waals surface area contributed by atoms with Crippen LogP contribution in [0.2, 0.25) is 0 Å². The summed E-state index contributed by atoms with van der Waals surface area (Å²) >= 11 is 0. The number of hydrogen-bond donors (Lipinski definition) is 1. The van der Waals surface area contributed by atoms with Gasteiger partial charge in [-0.15, -0.1) is 0 Å². The van der Waals surface area contributed by atoms with Gasteiger partial charge in [-0.25, -0.2) is 4.98 Å². The number of hydrogen-bond acceptors (Lipinski definition) is 5. The van der Waals surface area contributed by atoms with Gasteiger partial charge in [0.1, 0.15) is 11.6 Å². The van der Waals surface area contributed by atoms with Crippen LogP contribution in [0.5, 0.6) is 5.75 Å². The molecule has 0 fully saturated rings. The highest BCUT2D eigenvalue weighted by Crippen LogP contribution is 2.24. The second-order valence-electron chi connectivity index (χ2n) is 5.62. The molecule has 6 heteroatoms. The molecule has 3 aromatic rings. The fourth-order valence-electron chi connectivity index (χ4n) is 2.60. The van der Waals surface area contributed by atoms with E-state index in [9.17, 15) is 4.79 Å². The molecule has 128 valence electrons. The predicted octanol–water partition coefficient (Wildman–Crippen LogP) is 2.96. The average Bonchev–Trinajstić information content (AvgIpc) is 2.62. The van der Waals surface area contributed by atoms with Gasteiger partial charge in [-0.2, -0.15) is 0 Å². The van der Waals surface area contributed by atoms with Gasteiger partial charge in [0.05, 0.1) is 19.4 Å². The Kier molecular flexibility index (Phi) is 4.90. The van der Waals surface area contributed by atoms with Crippen LogP contribution in [0.3, 0.4) is 0 Å². The third-order valence-electron chi connectivity index (χ3n) is 3.81. The zero-order chi connectivity index (χ0) is 17.8. The van der Waals surface area contributed by atoms with E-state index in [0.29, 0.717) is 18.1 Å². The summed E-state index contributed by atoms with van der Waals surface area (Å²) in [6, 6.07) is 10.8. The van der Waals surface area contributed by atoms with Crippen molar-refractivity contribution >= 4 is 0 Å². The number of pyridine rings is 1. The van der Waals surface area contributed by atoms with E-state index in [0.717, 1.165) is 28.1 Å². The fourth-order valence-corrected chi connectivity index (χ4v) is 2.60. The molecule has 0 unspecified atom stereocenters. The van der Waals surface area contributed by atoms with Gasteiger partial charge in [-0.05, 0) is 42.8 Å². The van der Waals surface area contributed by atoms with E-state index >= 15 is 0 Å². The van der Waals surface area contributed by atoms with Crippen LogP contribution in [0.4, 0.5) is 0 Å². The summed E-state index contributed by atoms with van der Waals surface area (Å²) in [6.07, 6.45) is 1.73. The van der Waals surface area contributed by atoms with Gasteiger partial charge in [0.15, 0.2) is 0 Å². The molecule has 0 spiro atoms. The minimum Gasteiger partial charge on any atom is -0.497 e. The molecule has 3 rings (SSSR count). The Balaban J connectivity index is 2.09. The molecule has 0 amide bonds. The van der Waals surface area contributed by atoms with Crippen LogP contribution in [0, 0.1) is 6.92 Å². The summed E-state index contributed by atoms with van der Waals surface area (Å²) in [5.41, 5.74) is 3.75. The maximum Gasteiger partial charge on any atom is 0.251 e. The maximum absolute atomic E-state index is 12.1. The molecular formula is C19H19N3O3. The van der Waals surface area contributed by atoms with Gasteiger partial charge in [0, 0.05) is 36.2 Å². The normalized spacial score (nSPS) is 10.7. The molecule has 0 bridgehead atoms. The lowest BCUT2D eigenvalue weighted by atomic mass is 10.1. The van der Waals surface area contributed by atoms with Gasteiger partial charge in [-0.3, -0.25) is 9.78 Å². The zero-order valence-electron chi connectivity index (χ0n) is 14.4. The third kappa shape index (κ3) is 3.75. The largest absolute Gasteiger partial charge is 0.497 e. The monoisotopic (exact) mass is 337 g/mol. The molecule has 0 atom stereocenters. The second kappa shape index (κ2) is 7.27. The molecule has 0 saturated carbocycles. The van der Waals surface area contributed by atoms with E-state index in [1.807, 2.05) is 37.3 Å². The zero-order valence-corrected chi connectivity index (χ0v) is 14.4. The van der Waals surface area contributed by atoms with E-state index in [1.54, 1.807) is 20.4 Å². The smallest absolute Gasteiger partial charge is 0.251 e. The Morgan fingerprint density at radius 3 is 2.56 bits per heavy atom. The molecular weight excluding hydrogens is 318 g/mol. The van der Waals surface area contributed by atoms with Gasteiger partial charge in [-0.1, -0.05) is 0 Å². The summed E-state index contributed by atoms with van der Waals surface area (Å²) in [7, 11) is 3.24. The predicted molar refractivity (Wildman–Crippen MR) is 95.5 cm³/mol. The van der Waals surface area contributed by atoms with E-state index in [4.69, 9.17) is 9.47 Å². The van der Waals surface area contributed by atoms with Crippen molar-refractivity contribution in [1.29, 1.82) is 0 Å². The summed E-state index contributed by atoms with van der Waals surface area (Å²) in [6.45, 7) is 2.34. The fraction of sp³-hybridized carbons (Fsp3) is 0.211. The van der Waals surface area contributed by atoms with Crippen LogP contribution in [-0.2, 0) is 11.3 Å². The Bertz CT molecular complexity index is 933. The molecule has 0 radical (unpaired) electrons. The topological polar surface area (TPSA) is 77.1 Å². The van der Waals surface area contributed by atoms with Crippen molar-refractivity contribution in [3.63, 3.8) is 0 Å². The number of H-pyrrole nitrogens is 1. The highest BCUT2D eigenvalue weighted by atomic mass is 16.5. The number of methoxy groups -OCH3 is 2. The van der Waals surface area contributed by atoms with Crippen molar-refractivity contribution in [3.8, 4) is 28.4 Å². The van der Waals surface area contributed by atoms with Crippen molar-refractivity contribution in [2.45, 2.75) is 13.5 Å². The Morgan fingerprint density at radius 2 is 1.88 bits per heavy atom. The van der Waals surface area contributed by atoms with Crippen LogP contribution in [0.25, 0.3) is 22.6 Å². The van der Waals surface area contributed by atoms with Crippen molar-refractivity contribution in [1.82, 2.24) is 15.0 Å².